The van der Waals surface area contributed by atoms with E-state index in [0.29, 0.717) is 26.2 Å². The summed E-state index contributed by atoms with van der Waals surface area (Å²) in [5.74, 6) is -1.14. The lowest BCUT2D eigenvalue weighted by Crippen LogP contribution is -2.49. The first kappa shape index (κ1) is 17.4. The average molecular weight is 272 g/mol. The average Bonchev–Trinajstić information content (AvgIpc) is 2.38. The Balaban J connectivity index is 3.87. The zero-order chi connectivity index (χ0) is 14.7. The number of nitrogens with one attached hydrogen (secondary N) is 2. The van der Waals surface area contributed by atoms with Gasteiger partial charge < -0.3 is 20.5 Å². The number of carboxylic acids is 1. The maximum atomic E-state index is 11.5. The maximum absolute atomic E-state index is 11.5. The molecule has 0 saturated heterocycles. The Hall–Kier alpha value is -1.56. The van der Waals surface area contributed by atoms with Gasteiger partial charge >= 0.3 is 12.0 Å². The van der Waals surface area contributed by atoms with Crippen LogP contribution in [0.3, 0.4) is 0 Å². The Bertz CT molecular complexity index is 294. The topological polar surface area (TPSA) is 87.7 Å². The van der Waals surface area contributed by atoms with Gasteiger partial charge in [0.2, 0.25) is 0 Å². The van der Waals surface area contributed by atoms with E-state index in [4.69, 9.17) is 9.84 Å². The van der Waals surface area contributed by atoms with Crippen LogP contribution in [-0.4, -0.2) is 42.9 Å². The summed E-state index contributed by atoms with van der Waals surface area (Å²) in [6, 6.07) is -1.35. The molecule has 110 valence electrons. The number of carbonyl (C=O) groups is 2. The Labute approximate surface area is 114 Å². The van der Waals surface area contributed by atoms with Crippen molar-refractivity contribution in [2.45, 2.75) is 32.7 Å². The summed E-state index contributed by atoms with van der Waals surface area (Å²) in [4.78, 5) is 22.5. The third-order valence-corrected chi connectivity index (χ3v) is 2.76. The zero-order valence-electron chi connectivity index (χ0n) is 11.6. The van der Waals surface area contributed by atoms with E-state index in [1.807, 2.05) is 6.92 Å². The van der Waals surface area contributed by atoms with E-state index in [1.165, 1.54) is 0 Å². The van der Waals surface area contributed by atoms with E-state index in [-0.39, 0.29) is 5.92 Å². The van der Waals surface area contributed by atoms with Crippen LogP contribution in [0.25, 0.3) is 0 Å². The molecule has 2 amide bonds. The SMILES string of the molecule is C=CCCOCCNC(=O)NC(C(=O)O)C(C)CC. The van der Waals surface area contributed by atoms with Crippen molar-refractivity contribution in [2.75, 3.05) is 19.8 Å². The highest BCUT2D eigenvalue weighted by molar-refractivity contribution is 5.82. The number of ether oxygens (including phenoxy) is 1. The number of urea groups is 1. The predicted octanol–water partition coefficient (Wildman–Crippen LogP) is 1.38. The van der Waals surface area contributed by atoms with Gasteiger partial charge in [0.15, 0.2) is 0 Å². The highest BCUT2D eigenvalue weighted by Gasteiger charge is 2.24. The number of rotatable bonds is 10. The van der Waals surface area contributed by atoms with Gasteiger partial charge in [0.05, 0.1) is 13.2 Å². The largest absolute Gasteiger partial charge is 0.480 e. The van der Waals surface area contributed by atoms with Crippen LogP contribution >= 0.6 is 0 Å². The van der Waals surface area contributed by atoms with Crippen LogP contribution < -0.4 is 10.6 Å². The minimum Gasteiger partial charge on any atom is -0.480 e. The number of hydrogen-bond acceptors (Lipinski definition) is 3. The standard InChI is InChI=1S/C13H24N2O4/c1-4-6-8-19-9-7-14-13(18)15-11(12(16)17)10(3)5-2/h4,10-11H,1,5-9H2,2-3H3,(H,16,17)(H2,14,15,18). The molecule has 0 aromatic rings. The molecule has 19 heavy (non-hydrogen) atoms. The van der Waals surface area contributed by atoms with Crippen LogP contribution in [0, 0.1) is 5.92 Å². The van der Waals surface area contributed by atoms with Crippen molar-refractivity contribution < 1.29 is 19.4 Å². The summed E-state index contributed by atoms with van der Waals surface area (Å²) in [6.07, 6.45) is 3.20. The zero-order valence-corrected chi connectivity index (χ0v) is 11.6. The van der Waals surface area contributed by atoms with Crippen LogP contribution in [0.15, 0.2) is 12.7 Å². The number of aliphatic carboxylic acids is 1. The van der Waals surface area contributed by atoms with Crippen LogP contribution in [0.1, 0.15) is 26.7 Å². The van der Waals surface area contributed by atoms with Gasteiger partial charge in [-0.15, -0.1) is 6.58 Å². The van der Waals surface area contributed by atoms with Crippen LogP contribution in [-0.2, 0) is 9.53 Å². The monoisotopic (exact) mass is 272 g/mol. The number of carboxylic acid groups (broad SMARTS) is 1. The first-order valence-electron chi connectivity index (χ1n) is 6.48. The fourth-order valence-corrected chi connectivity index (χ4v) is 1.38. The molecule has 0 aliphatic carbocycles. The van der Waals surface area contributed by atoms with Crippen molar-refractivity contribution in [1.29, 1.82) is 0 Å². The molecule has 0 aromatic heterocycles. The fourth-order valence-electron chi connectivity index (χ4n) is 1.38. The lowest BCUT2D eigenvalue weighted by molar-refractivity contribution is -0.140. The molecule has 0 aliphatic heterocycles. The van der Waals surface area contributed by atoms with Gasteiger partial charge in [-0.05, 0) is 12.3 Å². The van der Waals surface area contributed by atoms with Crippen LogP contribution in [0.4, 0.5) is 4.79 Å². The van der Waals surface area contributed by atoms with Crippen molar-refractivity contribution in [3.8, 4) is 0 Å². The molecule has 0 aliphatic rings. The Kier molecular flexibility index (Phi) is 9.52. The quantitative estimate of drug-likeness (QED) is 0.414. The second-order valence-electron chi connectivity index (χ2n) is 4.29. The smallest absolute Gasteiger partial charge is 0.326 e. The van der Waals surface area contributed by atoms with Crippen molar-refractivity contribution in [1.82, 2.24) is 10.6 Å². The summed E-state index contributed by atoms with van der Waals surface area (Å²) >= 11 is 0. The molecule has 0 spiro atoms. The van der Waals surface area contributed by atoms with Gasteiger partial charge in [-0.1, -0.05) is 26.3 Å². The number of carbonyl (C=O) groups excluding carboxylic acids is 1. The van der Waals surface area contributed by atoms with E-state index in [0.717, 1.165) is 6.42 Å². The molecular formula is C13H24N2O4. The first-order valence-corrected chi connectivity index (χ1v) is 6.48. The normalized spacial score (nSPS) is 13.4. The summed E-state index contributed by atoms with van der Waals surface area (Å²) < 4.78 is 5.22. The molecule has 6 nitrogen and oxygen atoms in total. The van der Waals surface area contributed by atoms with Crippen molar-refractivity contribution in [3.05, 3.63) is 12.7 Å². The fraction of sp³-hybridized carbons (Fsp3) is 0.692. The van der Waals surface area contributed by atoms with Crippen molar-refractivity contribution >= 4 is 12.0 Å². The van der Waals surface area contributed by atoms with Gasteiger partial charge in [0, 0.05) is 6.54 Å². The van der Waals surface area contributed by atoms with Crippen LogP contribution in [0.2, 0.25) is 0 Å². The summed E-state index contributed by atoms with van der Waals surface area (Å²) in [5, 5.41) is 14.0. The summed E-state index contributed by atoms with van der Waals surface area (Å²) in [6.45, 7) is 8.54. The lowest BCUT2D eigenvalue weighted by atomic mass is 9.99. The third kappa shape index (κ3) is 8.20. The molecule has 0 fully saturated rings. The minimum absolute atomic E-state index is 0.118. The van der Waals surface area contributed by atoms with Gasteiger partial charge in [0.25, 0.3) is 0 Å². The minimum atomic E-state index is -1.02. The molecule has 2 atom stereocenters. The highest BCUT2D eigenvalue weighted by atomic mass is 16.5. The lowest BCUT2D eigenvalue weighted by Gasteiger charge is -2.20. The second-order valence-corrected chi connectivity index (χ2v) is 4.29. The van der Waals surface area contributed by atoms with E-state index in [9.17, 15) is 9.59 Å². The Morgan fingerprint density at radius 2 is 2.11 bits per heavy atom. The number of amides is 2. The number of hydrogen-bond donors (Lipinski definition) is 3. The maximum Gasteiger partial charge on any atom is 0.326 e. The van der Waals surface area contributed by atoms with E-state index in [2.05, 4.69) is 17.2 Å². The first-order chi connectivity index (χ1) is 9.02. The molecule has 0 rings (SSSR count). The molecular weight excluding hydrogens is 248 g/mol. The van der Waals surface area contributed by atoms with Gasteiger partial charge in [-0.3, -0.25) is 0 Å². The Morgan fingerprint density at radius 1 is 1.42 bits per heavy atom. The van der Waals surface area contributed by atoms with Crippen molar-refractivity contribution in [2.24, 2.45) is 5.92 Å². The third-order valence-electron chi connectivity index (χ3n) is 2.76. The van der Waals surface area contributed by atoms with Gasteiger partial charge in [-0.25, -0.2) is 9.59 Å². The Morgan fingerprint density at radius 3 is 2.63 bits per heavy atom. The second kappa shape index (κ2) is 10.4. The molecule has 0 aromatic carbocycles. The summed E-state index contributed by atoms with van der Waals surface area (Å²) in [7, 11) is 0. The van der Waals surface area contributed by atoms with Crippen LogP contribution in [0.5, 0.6) is 0 Å². The molecule has 2 unspecified atom stereocenters. The van der Waals surface area contributed by atoms with E-state index < -0.39 is 18.0 Å². The molecule has 0 heterocycles. The molecule has 0 saturated carbocycles. The molecule has 0 bridgehead atoms. The van der Waals surface area contributed by atoms with E-state index >= 15 is 0 Å². The molecule has 6 heteroatoms. The van der Waals surface area contributed by atoms with E-state index in [1.54, 1.807) is 13.0 Å². The molecule has 0 radical (unpaired) electrons. The van der Waals surface area contributed by atoms with Crippen molar-refractivity contribution in [3.63, 3.8) is 0 Å². The van der Waals surface area contributed by atoms with Gasteiger partial charge in [-0.2, -0.15) is 0 Å². The highest BCUT2D eigenvalue weighted by Crippen LogP contribution is 2.07. The molecule has 3 N–H and O–H groups in total. The summed E-state index contributed by atoms with van der Waals surface area (Å²) in [5.41, 5.74) is 0. The predicted molar refractivity (Wildman–Crippen MR) is 73.0 cm³/mol. The van der Waals surface area contributed by atoms with Gasteiger partial charge in [0.1, 0.15) is 6.04 Å².